The van der Waals surface area contributed by atoms with E-state index in [4.69, 9.17) is 0 Å². The van der Waals surface area contributed by atoms with Crippen LogP contribution in [0.25, 0.3) is 11.1 Å². The summed E-state index contributed by atoms with van der Waals surface area (Å²) in [4.78, 5) is 23.0. The summed E-state index contributed by atoms with van der Waals surface area (Å²) in [5.41, 5.74) is 3.75. The smallest absolute Gasteiger partial charge is 0.327 e. The zero-order valence-electron chi connectivity index (χ0n) is 11.1. The molecule has 0 unspecified atom stereocenters. The lowest BCUT2D eigenvalue weighted by molar-refractivity contribution is -0.141. The molecular weight excluding hydrogens is 256 g/mol. The van der Waals surface area contributed by atoms with Crippen molar-refractivity contribution in [2.75, 3.05) is 7.11 Å². The van der Waals surface area contributed by atoms with Crippen LogP contribution in [0, 0.1) is 0 Å². The van der Waals surface area contributed by atoms with Gasteiger partial charge >= 0.3 is 5.97 Å². The number of nitrogens with zero attached hydrogens (tertiary/aromatic N) is 2. The van der Waals surface area contributed by atoms with Crippen LogP contribution in [0.5, 0.6) is 0 Å². The molecule has 0 amide bonds. The average Bonchev–Trinajstić information content (AvgIpc) is 3.06. The van der Waals surface area contributed by atoms with Gasteiger partial charge in [-0.1, -0.05) is 12.1 Å². The molecule has 1 aliphatic rings. The SMILES string of the molecule is COC(=O)Cn1cc(-c2ccc3c(c2)C(=O)CC3)cn1. The Labute approximate surface area is 116 Å². The number of fused-ring (bicyclic) bond motifs is 1. The van der Waals surface area contributed by atoms with Gasteiger partial charge in [-0.3, -0.25) is 14.3 Å². The summed E-state index contributed by atoms with van der Waals surface area (Å²) in [5, 5.41) is 4.12. The Hall–Kier alpha value is -2.43. The molecule has 1 aromatic heterocycles. The van der Waals surface area contributed by atoms with Crippen LogP contribution in [-0.4, -0.2) is 28.6 Å². The van der Waals surface area contributed by atoms with Crippen LogP contribution >= 0.6 is 0 Å². The zero-order valence-corrected chi connectivity index (χ0v) is 11.1. The van der Waals surface area contributed by atoms with E-state index in [-0.39, 0.29) is 18.3 Å². The number of rotatable bonds is 3. The van der Waals surface area contributed by atoms with Crippen molar-refractivity contribution in [1.82, 2.24) is 9.78 Å². The van der Waals surface area contributed by atoms with Gasteiger partial charge in [-0.15, -0.1) is 0 Å². The highest BCUT2D eigenvalue weighted by Gasteiger charge is 2.19. The fraction of sp³-hybridized carbons (Fsp3) is 0.267. The van der Waals surface area contributed by atoms with Crippen molar-refractivity contribution >= 4 is 11.8 Å². The highest BCUT2D eigenvalue weighted by molar-refractivity contribution is 6.01. The Bertz CT molecular complexity index is 688. The van der Waals surface area contributed by atoms with Crippen LogP contribution < -0.4 is 0 Å². The van der Waals surface area contributed by atoms with Crippen LogP contribution in [0.2, 0.25) is 0 Å². The standard InChI is InChI=1S/C15H14N2O3/c1-20-15(19)9-17-8-12(7-16-17)11-3-2-10-4-5-14(18)13(10)6-11/h2-3,6-8H,4-5,9H2,1H3. The molecule has 5 nitrogen and oxygen atoms in total. The Morgan fingerprint density at radius 3 is 3.00 bits per heavy atom. The second-order valence-electron chi connectivity index (χ2n) is 4.80. The van der Waals surface area contributed by atoms with Crippen LogP contribution in [-0.2, 0) is 22.5 Å². The summed E-state index contributed by atoms with van der Waals surface area (Å²) in [6, 6.07) is 5.88. The van der Waals surface area contributed by atoms with Gasteiger partial charge in [-0.25, -0.2) is 0 Å². The predicted octanol–water partition coefficient (Wildman–Crippen LogP) is 1.85. The summed E-state index contributed by atoms with van der Waals surface area (Å²) in [6.07, 6.45) is 4.89. The number of methoxy groups -OCH3 is 1. The molecule has 2 aromatic rings. The van der Waals surface area contributed by atoms with Crippen molar-refractivity contribution in [3.8, 4) is 11.1 Å². The maximum absolute atomic E-state index is 11.8. The van der Waals surface area contributed by atoms with Gasteiger partial charge in [0, 0.05) is 23.7 Å². The summed E-state index contributed by atoms with van der Waals surface area (Å²) in [6.45, 7) is 0.0837. The van der Waals surface area contributed by atoms with Gasteiger partial charge in [-0.2, -0.15) is 5.10 Å². The predicted molar refractivity (Wildman–Crippen MR) is 72.3 cm³/mol. The summed E-state index contributed by atoms with van der Waals surface area (Å²) in [7, 11) is 1.35. The first-order chi connectivity index (χ1) is 9.67. The lowest BCUT2D eigenvalue weighted by Crippen LogP contribution is -2.11. The molecule has 0 bridgehead atoms. The molecule has 0 fully saturated rings. The first-order valence-electron chi connectivity index (χ1n) is 6.43. The number of ketones is 1. The molecule has 5 heteroatoms. The van der Waals surface area contributed by atoms with Gasteiger partial charge in [0.2, 0.25) is 0 Å². The third-order valence-corrected chi connectivity index (χ3v) is 3.52. The maximum Gasteiger partial charge on any atom is 0.327 e. The molecule has 0 spiro atoms. The van der Waals surface area contributed by atoms with E-state index in [2.05, 4.69) is 9.84 Å². The van der Waals surface area contributed by atoms with E-state index in [1.165, 1.54) is 11.8 Å². The van der Waals surface area contributed by atoms with Crippen LogP contribution in [0.3, 0.4) is 0 Å². The van der Waals surface area contributed by atoms with Gasteiger partial charge in [0.05, 0.1) is 13.3 Å². The Morgan fingerprint density at radius 1 is 1.35 bits per heavy atom. The molecule has 1 aliphatic carbocycles. The molecule has 0 saturated carbocycles. The molecule has 0 radical (unpaired) electrons. The molecule has 1 aromatic carbocycles. The third kappa shape index (κ3) is 2.22. The number of carbonyl (C=O) groups is 2. The number of hydrogen-bond acceptors (Lipinski definition) is 4. The van der Waals surface area contributed by atoms with Gasteiger partial charge in [0.25, 0.3) is 0 Å². The van der Waals surface area contributed by atoms with E-state index in [0.29, 0.717) is 6.42 Å². The van der Waals surface area contributed by atoms with Crippen molar-refractivity contribution in [3.05, 3.63) is 41.7 Å². The minimum atomic E-state index is -0.344. The van der Waals surface area contributed by atoms with Crippen molar-refractivity contribution in [1.29, 1.82) is 0 Å². The first kappa shape index (κ1) is 12.6. The summed E-state index contributed by atoms with van der Waals surface area (Å²) < 4.78 is 6.12. The maximum atomic E-state index is 11.8. The molecule has 0 aliphatic heterocycles. The summed E-state index contributed by atoms with van der Waals surface area (Å²) in [5.74, 6) is -0.146. The van der Waals surface area contributed by atoms with Crippen molar-refractivity contribution < 1.29 is 14.3 Å². The van der Waals surface area contributed by atoms with Crippen molar-refractivity contribution in [2.24, 2.45) is 0 Å². The topological polar surface area (TPSA) is 61.2 Å². The number of hydrogen-bond donors (Lipinski definition) is 0. The number of ether oxygens (including phenoxy) is 1. The van der Waals surface area contributed by atoms with Gasteiger partial charge in [0.15, 0.2) is 5.78 Å². The Balaban J connectivity index is 1.88. The fourth-order valence-electron chi connectivity index (χ4n) is 2.41. The fourth-order valence-corrected chi connectivity index (χ4v) is 2.41. The minimum absolute atomic E-state index is 0.0837. The van der Waals surface area contributed by atoms with E-state index in [9.17, 15) is 9.59 Å². The number of aryl methyl sites for hydroxylation is 1. The Kier molecular flexibility index (Phi) is 3.10. The summed E-state index contributed by atoms with van der Waals surface area (Å²) >= 11 is 0. The van der Waals surface area contributed by atoms with Crippen LogP contribution in [0.15, 0.2) is 30.6 Å². The number of aromatic nitrogens is 2. The quantitative estimate of drug-likeness (QED) is 0.799. The van der Waals surface area contributed by atoms with Crippen molar-refractivity contribution in [3.63, 3.8) is 0 Å². The van der Waals surface area contributed by atoms with E-state index in [1.807, 2.05) is 18.2 Å². The second kappa shape index (κ2) is 4.92. The van der Waals surface area contributed by atoms with E-state index in [1.54, 1.807) is 12.4 Å². The first-order valence-corrected chi connectivity index (χ1v) is 6.43. The normalized spacial score (nSPS) is 13.3. The average molecular weight is 270 g/mol. The molecule has 0 atom stereocenters. The molecule has 102 valence electrons. The molecule has 3 rings (SSSR count). The van der Waals surface area contributed by atoms with E-state index in [0.717, 1.165) is 28.7 Å². The number of benzene rings is 1. The highest BCUT2D eigenvalue weighted by atomic mass is 16.5. The van der Waals surface area contributed by atoms with Crippen LogP contribution in [0.4, 0.5) is 0 Å². The third-order valence-electron chi connectivity index (χ3n) is 3.52. The molecule has 0 N–H and O–H groups in total. The lowest BCUT2D eigenvalue weighted by atomic mass is 10.0. The minimum Gasteiger partial charge on any atom is -0.468 e. The number of esters is 1. The van der Waals surface area contributed by atoms with Gasteiger partial charge in [0.1, 0.15) is 6.54 Å². The Morgan fingerprint density at radius 2 is 2.20 bits per heavy atom. The number of carbonyl (C=O) groups excluding carboxylic acids is 2. The highest BCUT2D eigenvalue weighted by Crippen LogP contribution is 2.27. The lowest BCUT2D eigenvalue weighted by Gasteiger charge is -2.02. The van der Waals surface area contributed by atoms with Crippen LogP contribution in [0.1, 0.15) is 22.3 Å². The molecule has 1 heterocycles. The van der Waals surface area contributed by atoms with E-state index >= 15 is 0 Å². The molecule has 0 saturated heterocycles. The largest absolute Gasteiger partial charge is 0.468 e. The van der Waals surface area contributed by atoms with Gasteiger partial charge < -0.3 is 4.74 Å². The monoisotopic (exact) mass is 270 g/mol. The second-order valence-corrected chi connectivity index (χ2v) is 4.80. The van der Waals surface area contributed by atoms with Gasteiger partial charge in [-0.05, 0) is 23.6 Å². The van der Waals surface area contributed by atoms with Crippen molar-refractivity contribution in [2.45, 2.75) is 19.4 Å². The molecular formula is C15H14N2O3. The zero-order chi connectivity index (χ0) is 14.1. The van der Waals surface area contributed by atoms with E-state index < -0.39 is 0 Å². The molecule has 20 heavy (non-hydrogen) atoms. The number of Topliss-reactive ketones (excluding diaryl/α,β-unsaturated/α-hetero) is 1.